The molecular weight excluding hydrogens is 314 g/mol. The molecule has 0 radical (unpaired) electrons. The number of aryl methyl sites for hydroxylation is 1. The number of para-hydroxylation sites is 1. The van der Waals surface area contributed by atoms with Gasteiger partial charge >= 0.3 is 0 Å². The fourth-order valence-electron chi connectivity index (χ4n) is 2.03. The monoisotopic (exact) mass is 329 g/mol. The second kappa shape index (κ2) is 6.82. The molecule has 2 aromatic heterocycles. The molecule has 9 nitrogen and oxygen atoms in total. The van der Waals surface area contributed by atoms with Crippen LogP contribution in [0.5, 0.6) is 11.6 Å². The number of rotatable bonds is 6. The Hall–Kier alpha value is -3.36. The molecule has 3 rings (SSSR count). The Morgan fingerprint density at radius 1 is 1.38 bits per heavy atom. The minimum atomic E-state index is -0.331. The van der Waals surface area contributed by atoms with Gasteiger partial charge in [0.2, 0.25) is 0 Å². The van der Waals surface area contributed by atoms with Crippen molar-refractivity contribution in [2.45, 2.75) is 6.92 Å². The van der Waals surface area contributed by atoms with Gasteiger partial charge in [-0.3, -0.25) is 9.89 Å². The molecule has 0 fully saturated rings. The molecule has 2 heterocycles. The minimum absolute atomic E-state index is 0.0981. The zero-order valence-electron chi connectivity index (χ0n) is 12.8. The van der Waals surface area contributed by atoms with Crippen molar-refractivity contribution in [2.24, 2.45) is 0 Å². The van der Waals surface area contributed by atoms with Crippen molar-refractivity contribution in [3.05, 3.63) is 41.7 Å². The maximum absolute atomic E-state index is 12.1. The molecule has 0 spiro atoms. The third kappa shape index (κ3) is 3.35. The van der Waals surface area contributed by atoms with Crippen molar-refractivity contribution in [3.63, 3.8) is 0 Å². The second-order valence-electron chi connectivity index (χ2n) is 4.94. The van der Waals surface area contributed by atoms with Crippen LogP contribution in [-0.4, -0.2) is 44.7 Å². The van der Waals surface area contributed by atoms with Crippen molar-refractivity contribution in [1.82, 2.24) is 25.8 Å². The van der Waals surface area contributed by atoms with E-state index < -0.39 is 0 Å². The van der Waals surface area contributed by atoms with Gasteiger partial charge < -0.3 is 15.2 Å². The number of phenolic OH excluding ortho intramolecular Hbond substituents is 1. The summed E-state index contributed by atoms with van der Waals surface area (Å²) in [6, 6.07) is 8.33. The van der Waals surface area contributed by atoms with Crippen LogP contribution >= 0.6 is 0 Å². The van der Waals surface area contributed by atoms with E-state index in [0.717, 1.165) is 0 Å². The number of amides is 1. The van der Waals surface area contributed by atoms with Crippen LogP contribution in [0.2, 0.25) is 0 Å². The van der Waals surface area contributed by atoms with Crippen LogP contribution in [0.15, 0.2) is 35.0 Å². The Morgan fingerprint density at radius 3 is 2.96 bits per heavy atom. The number of carbonyl (C=O) groups excluding carboxylic acids is 1. The summed E-state index contributed by atoms with van der Waals surface area (Å²) in [7, 11) is 0. The summed E-state index contributed by atoms with van der Waals surface area (Å²) in [6.07, 6.45) is 0. The zero-order valence-corrected chi connectivity index (χ0v) is 12.8. The molecule has 124 valence electrons. The third-order valence-corrected chi connectivity index (χ3v) is 3.24. The Balaban J connectivity index is 1.54. The van der Waals surface area contributed by atoms with E-state index in [0.29, 0.717) is 22.8 Å². The number of ether oxygens (including phenoxy) is 1. The molecular formula is C15H15N5O4. The Kier molecular flexibility index (Phi) is 4.41. The Bertz CT molecular complexity index is 842. The molecule has 3 N–H and O–H groups in total. The van der Waals surface area contributed by atoms with Crippen LogP contribution in [0.1, 0.15) is 16.2 Å². The van der Waals surface area contributed by atoms with Gasteiger partial charge in [-0.25, -0.2) is 4.63 Å². The summed E-state index contributed by atoms with van der Waals surface area (Å²) in [6.45, 7) is 2.20. The highest BCUT2D eigenvalue weighted by Gasteiger charge is 2.13. The first-order valence-electron chi connectivity index (χ1n) is 7.19. The zero-order chi connectivity index (χ0) is 16.9. The smallest absolute Gasteiger partial charge is 0.278 e. The summed E-state index contributed by atoms with van der Waals surface area (Å²) in [5.74, 6) is 0.0661. The van der Waals surface area contributed by atoms with E-state index in [1.54, 1.807) is 37.3 Å². The van der Waals surface area contributed by atoms with Gasteiger partial charge in [-0.15, -0.1) is 0 Å². The van der Waals surface area contributed by atoms with E-state index in [1.807, 2.05) is 0 Å². The molecule has 1 aromatic carbocycles. The van der Waals surface area contributed by atoms with E-state index in [2.05, 4.69) is 30.5 Å². The average molecular weight is 329 g/mol. The standard InChI is InChI=1S/C15H15N5O4/c1-9-15(20-24-19-9)23-7-6-16-14(22)12-8-11(17-18-12)10-4-2-3-5-13(10)21/h2-5,8,21H,6-7H2,1H3,(H,16,22)(H,17,18). The van der Waals surface area contributed by atoms with Crippen LogP contribution in [0, 0.1) is 6.92 Å². The van der Waals surface area contributed by atoms with Crippen LogP contribution in [0.25, 0.3) is 11.3 Å². The molecule has 0 aliphatic carbocycles. The lowest BCUT2D eigenvalue weighted by molar-refractivity contribution is 0.0941. The molecule has 0 saturated heterocycles. The van der Waals surface area contributed by atoms with E-state index in [-0.39, 0.29) is 30.5 Å². The van der Waals surface area contributed by atoms with Crippen LogP contribution in [0.3, 0.4) is 0 Å². The topological polar surface area (TPSA) is 126 Å². The molecule has 9 heteroatoms. The first-order chi connectivity index (χ1) is 11.6. The number of aromatic nitrogens is 4. The van der Waals surface area contributed by atoms with E-state index in [4.69, 9.17) is 4.74 Å². The van der Waals surface area contributed by atoms with Crippen molar-refractivity contribution in [3.8, 4) is 22.9 Å². The molecule has 0 bridgehead atoms. The van der Waals surface area contributed by atoms with Gasteiger partial charge in [0.15, 0.2) is 0 Å². The van der Waals surface area contributed by atoms with Crippen molar-refractivity contribution >= 4 is 5.91 Å². The number of carbonyl (C=O) groups is 1. The summed E-state index contributed by atoms with van der Waals surface area (Å²) >= 11 is 0. The summed E-state index contributed by atoms with van der Waals surface area (Å²) in [5.41, 5.74) is 1.86. The maximum Gasteiger partial charge on any atom is 0.278 e. The Morgan fingerprint density at radius 2 is 2.21 bits per heavy atom. The quantitative estimate of drug-likeness (QED) is 0.581. The minimum Gasteiger partial charge on any atom is -0.507 e. The van der Waals surface area contributed by atoms with Gasteiger partial charge in [-0.1, -0.05) is 17.3 Å². The molecule has 0 aliphatic rings. The summed E-state index contributed by atoms with van der Waals surface area (Å²) in [4.78, 5) is 12.1. The lowest BCUT2D eigenvalue weighted by atomic mass is 10.1. The molecule has 1 amide bonds. The highest BCUT2D eigenvalue weighted by atomic mass is 16.6. The summed E-state index contributed by atoms with van der Waals surface area (Å²) in [5, 5.41) is 26.3. The number of benzene rings is 1. The number of nitrogens with zero attached hydrogens (tertiary/aromatic N) is 3. The lowest BCUT2D eigenvalue weighted by Crippen LogP contribution is -2.28. The first kappa shape index (κ1) is 15.5. The molecule has 0 atom stereocenters. The van der Waals surface area contributed by atoms with Crippen molar-refractivity contribution < 1.29 is 19.3 Å². The fourth-order valence-corrected chi connectivity index (χ4v) is 2.03. The van der Waals surface area contributed by atoms with E-state index in [1.165, 1.54) is 0 Å². The highest BCUT2D eigenvalue weighted by molar-refractivity contribution is 5.93. The maximum atomic E-state index is 12.1. The van der Waals surface area contributed by atoms with E-state index >= 15 is 0 Å². The largest absolute Gasteiger partial charge is 0.507 e. The van der Waals surface area contributed by atoms with Crippen LogP contribution < -0.4 is 10.1 Å². The molecule has 3 aromatic rings. The Labute approximate surface area is 136 Å². The number of aromatic hydroxyl groups is 1. The molecule has 0 saturated carbocycles. The molecule has 0 aliphatic heterocycles. The molecule has 0 unspecified atom stereocenters. The van der Waals surface area contributed by atoms with Gasteiger partial charge in [0, 0.05) is 5.56 Å². The lowest BCUT2D eigenvalue weighted by Gasteiger charge is -2.04. The predicted octanol–water partition coefficient (Wildman–Crippen LogP) is 1.28. The second-order valence-corrected chi connectivity index (χ2v) is 4.94. The van der Waals surface area contributed by atoms with E-state index in [9.17, 15) is 9.90 Å². The normalized spacial score (nSPS) is 10.5. The van der Waals surface area contributed by atoms with Crippen molar-refractivity contribution in [2.75, 3.05) is 13.2 Å². The van der Waals surface area contributed by atoms with Crippen molar-refractivity contribution in [1.29, 1.82) is 0 Å². The average Bonchev–Trinajstić information content (AvgIpc) is 3.21. The first-order valence-corrected chi connectivity index (χ1v) is 7.19. The number of aromatic amines is 1. The van der Waals surface area contributed by atoms with Crippen LogP contribution in [-0.2, 0) is 0 Å². The van der Waals surface area contributed by atoms with Gasteiger partial charge in [-0.05, 0) is 30.3 Å². The van der Waals surface area contributed by atoms with Gasteiger partial charge in [0.05, 0.1) is 12.2 Å². The number of phenols is 1. The predicted molar refractivity (Wildman–Crippen MR) is 82.6 cm³/mol. The van der Waals surface area contributed by atoms with Crippen LogP contribution in [0.4, 0.5) is 0 Å². The SMILES string of the molecule is Cc1nonc1OCCNC(=O)c1cc(-c2ccccc2O)n[nH]1. The number of hydrogen-bond acceptors (Lipinski definition) is 7. The van der Waals surface area contributed by atoms with Gasteiger partial charge in [0.25, 0.3) is 11.8 Å². The number of nitrogens with one attached hydrogen (secondary N) is 2. The number of H-pyrrole nitrogens is 1. The third-order valence-electron chi connectivity index (χ3n) is 3.24. The summed E-state index contributed by atoms with van der Waals surface area (Å²) < 4.78 is 9.81. The highest BCUT2D eigenvalue weighted by Crippen LogP contribution is 2.27. The molecule has 24 heavy (non-hydrogen) atoms. The fraction of sp³-hybridized carbons (Fsp3) is 0.200. The van der Waals surface area contributed by atoms with Gasteiger partial charge in [-0.2, -0.15) is 5.10 Å². The van der Waals surface area contributed by atoms with Gasteiger partial charge in [0.1, 0.15) is 23.7 Å². The number of hydrogen-bond donors (Lipinski definition) is 3.